The van der Waals surface area contributed by atoms with E-state index in [1.165, 1.54) is 23.2 Å². The summed E-state index contributed by atoms with van der Waals surface area (Å²) in [4.78, 5) is 32.0. The summed E-state index contributed by atoms with van der Waals surface area (Å²) in [6.07, 6.45) is 1.42. The van der Waals surface area contributed by atoms with Crippen molar-refractivity contribution < 1.29 is 14.7 Å². The molecule has 126 valence electrons. The van der Waals surface area contributed by atoms with Crippen molar-refractivity contribution in [3.05, 3.63) is 53.9 Å². The number of hydrogen-bond acceptors (Lipinski definition) is 5. The maximum absolute atomic E-state index is 12.6. The van der Waals surface area contributed by atoms with E-state index in [0.29, 0.717) is 17.8 Å². The Morgan fingerprint density at radius 1 is 1.32 bits per heavy atom. The lowest BCUT2D eigenvalue weighted by molar-refractivity contribution is -0.121. The van der Waals surface area contributed by atoms with Gasteiger partial charge < -0.3 is 14.9 Å². The first-order valence-corrected chi connectivity index (χ1v) is 7.76. The molecule has 1 fully saturated rings. The Morgan fingerprint density at radius 2 is 2.04 bits per heavy atom. The molecule has 25 heavy (non-hydrogen) atoms. The summed E-state index contributed by atoms with van der Waals surface area (Å²) < 4.78 is 0. The zero-order valence-electron chi connectivity index (χ0n) is 13.6. The van der Waals surface area contributed by atoms with Crippen LogP contribution in [-0.2, 0) is 4.79 Å². The second-order valence-electron chi connectivity index (χ2n) is 5.82. The number of aromatic hydroxyl groups is 1. The molecule has 0 aliphatic carbocycles. The van der Waals surface area contributed by atoms with E-state index in [1.807, 2.05) is 13.0 Å². The Balaban J connectivity index is 1.80. The SMILES string of the molecule is CC1CN(c2ccc(C#N)cc2)C(=O)CN1C(=O)c1ncccc1O. The van der Waals surface area contributed by atoms with Crippen molar-refractivity contribution in [2.45, 2.75) is 13.0 Å². The Labute approximate surface area is 144 Å². The maximum atomic E-state index is 12.6. The molecule has 0 saturated carbocycles. The van der Waals surface area contributed by atoms with Gasteiger partial charge in [0.2, 0.25) is 5.91 Å². The molecular weight excluding hydrogens is 320 g/mol. The molecule has 2 heterocycles. The predicted octanol–water partition coefficient (Wildman–Crippen LogP) is 1.54. The highest BCUT2D eigenvalue weighted by atomic mass is 16.3. The van der Waals surface area contributed by atoms with Crippen LogP contribution in [-0.4, -0.2) is 45.9 Å². The molecule has 7 heteroatoms. The van der Waals surface area contributed by atoms with Crippen LogP contribution in [0.15, 0.2) is 42.6 Å². The summed E-state index contributed by atoms with van der Waals surface area (Å²) in [6, 6.07) is 11.4. The Bertz CT molecular complexity index is 857. The van der Waals surface area contributed by atoms with Gasteiger partial charge in [-0.15, -0.1) is 0 Å². The number of amides is 2. The van der Waals surface area contributed by atoms with Crippen LogP contribution in [0.5, 0.6) is 5.75 Å². The molecule has 0 spiro atoms. The quantitative estimate of drug-likeness (QED) is 0.897. The number of nitrogens with zero attached hydrogens (tertiary/aromatic N) is 4. The first-order valence-electron chi connectivity index (χ1n) is 7.76. The van der Waals surface area contributed by atoms with Crippen LogP contribution in [0.2, 0.25) is 0 Å². The molecule has 1 aliphatic heterocycles. The van der Waals surface area contributed by atoms with Crippen LogP contribution in [0.25, 0.3) is 0 Å². The number of benzene rings is 1. The van der Waals surface area contributed by atoms with Crippen molar-refractivity contribution in [1.82, 2.24) is 9.88 Å². The van der Waals surface area contributed by atoms with E-state index < -0.39 is 5.91 Å². The first-order chi connectivity index (χ1) is 12.0. The number of carbonyl (C=O) groups is 2. The average Bonchev–Trinajstić information content (AvgIpc) is 2.63. The van der Waals surface area contributed by atoms with Crippen LogP contribution < -0.4 is 4.90 Å². The number of carbonyl (C=O) groups excluding carboxylic acids is 2. The fourth-order valence-corrected chi connectivity index (χ4v) is 2.79. The average molecular weight is 336 g/mol. The first kappa shape index (κ1) is 16.5. The largest absolute Gasteiger partial charge is 0.505 e. The number of anilines is 1. The van der Waals surface area contributed by atoms with Crippen LogP contribution in [0, 0.1) is 11.3 Å². The van der Waals surface area contributed by atoms with E-state index in [9.17, 15) is 14.7 Å². The van der Waals surface area contributed by atoms with Gasteiger partial charge in [0.15, 0.2) is 5.69 Å². The van der Waals surface area contributed by atoms with Gasteiger partial charge in [-0.2, -0.15) is 5.26 Å². The minimum Gasteiger partial charge on any atom is -0.505 e. The molecule has 1 N–H and O–H groups in total. The molecular formula is C18H16N4O3. The number of pyridine rings is 1. The van der Waals surface area contributed by atoms with Crippen molar-refractivity contribution >= 4 is 17.5 Å². The van der Waals surface area contributed by atoms with Crippen LogP contribution in [0.1, 0.15) is 23.0 Å². The molecule has 1 atom stereocenters. The highest BCUT2D eigenvalue weighted by Crippen LogP contribution is 2.23. The second-order valence-corrected chi connectivity index (χ2v) is 5.82. The molecule has 1 unspecified atom stereocenters. The smallest absolute Gasteiger partial charge is 0.277 e. The maximum Gasteiger partial charge on any atom is 0.277 e. The van der Waals surface area contributed by atoms with Gasteiger partial charge in [-0.3, -0.25) is 9.59 Å². The molecule has 1 aliphatic rings. The lowest BCUT2D eigenvalue weighted by Crippen LogP contribution is -2.57. The monoisotopic (exact) mass is 336 g/mol. The minimum atomic E-state index is -0.474. The van der Waals surface area contributed by atoms with Crippen molar-refractivity contribution in [3.8, 4) is 11.8 Å². The van der Waals surface area contributed by atoms with Gasteiger partial charge in [-0.05, 0) is 43.3 Å². The van der Waals surface area contributed by atoms with Crippen molar-refractivity contribution in [2.75, 3.05) is 18.0 Å². The summed E-state index contributed by atoms with van der Waals surface area (Å²) in [7, 11) is 0. The lowest BCUT2D eigenvalue weighted by Gasteiger charge is -2.39. The number of rotatable bonds is 2. The van der Waals surface area contributed by atoms with E-state index in [0.717, 1.165) is 0 Å². The molecule has 1 saturated heterocycles. The third kappa shape index (κ3) is 3.15. The van der Waals surface area contributed by atoms with Crippen molar-refractivity contribution in [2.24, 2.45) is 0 Å². The zero-order valence-corrected chi connectivity index (χ0v) is 13.6. The summed E-state index contributed by atoms with van der Waals surface area (Å²) in [6.45, 7) is 2.06. The zero-order chi connectivity index (χ0) is 18.0. The minimum absolute atomic E-state index is 0.0611. The standard InChI is InChI=1S/C18H16N4O3/c1-12-10-22(14-6-4-13(9-19)5-7-14)16(24)11-21(12)18(25)17-15(23)3-2-8-20-17/h2-8,12,23H,10-11H2,1H3. The molecule has 0 radical (unpaired) electrons. The van der Waals surface area contributed by atoms with Gasteiger partial charge in [-0.25, -0.2) is 4.98 Å². The highest BCUT2D eigenvalue weighted by molar-refractivity contribution is 6.02. The summed E-state index contributed by atoms with van der Waals surface area (Å²) >= 11 is 0. The third-order valence-electron chi connectivity index (χ3n) is 4.14. The molecule has 3 rings (SSSR count). The summed E-state index contributed by atoms with van der Waals surface area (Å²) in [5, 5.41) is 18.7. The fourth-order valence-electron chi connectivity index (χ4n) is 2.79. The third-order valence-corrected chi connectivity index (χ3v) is 4.14. The van der Waals surface area contributed by atoms with Gasteiger partial charge in [0.1, 0.15) is 12.3 Å². The van der Waals surface area contributed by atoms with Gasteiger partial charge >= 0.3 is 0 Å². The summed E-state index contributed by atoms with van der Waals surface area (Å²) in [5.74, 6) is -0.910. The number of piperazine rings is 1. The van der Waals surface area contributed by atoms with Gasteiger partial charge in [-0.1, -0.05) is 0 Å². The predicted molar refractivity (Wildman–Crippen MR) is 89.9 cm³/mol. The van der Waals surface area contributed by atoms with Crippen LogP contribution in [0.4, 0.5) is 5.69 Å². The van der Waals surface area contributed by atoms with Crippen LogP contribution >= 0.6 is 0 Å². The number of hydrogen-bond donors (Lipinski definition) is 1. The highest BCUT2D eigenvalue weighted by Gasteiger charge is 2.34. The van der Waals surface area contributed by atoms with Crippen molar-refractivity contribution in [1.29, 1.82) is 5.26 Å². The van der Waals surface area contributed by atoms with E-state index in [4.69, 9.17) is 5.26 Å². The molecule has 2 amide bonds. The normalized spacial score (nSPS) is 17.3. The van der Waals surface area contributed by atoms with E-state index >= 15 is 0 Å². The molecule has 0 bridgehead atoms. The van der Waals surface area contributed by atoms with E-state index in [-0.39, 0.29) is 29.9 Å². The summed E-state index contributed by atoms with van der Waals surface area (Å²) in [5.41, 5.74) is 1.14. The van der Waals surface area contributed by atoms with Crippen LogP contribution in [0.3, 0.4) is 0 Å². The molecule has 1 aromatic carbocycles. The molecule has 7 nitrogen and oxygen atoms in total. The second kappa shape index (κ2) is 6.61. The van der Waals surface area contributed by atoms with Gasteiger partial charge in [0.05, 0.1) is 11.6 Å². The topological polar surface area (TPSA) is 97.5 Å². The Hall–Kier alpha value is -3.40. The number of nitriles is 1. The number of aromatic nitrogens is 1. The van der Waals surface area contributed by atoms with E-state index in [1.54, 1.807) is 29.2 Å². The Kier molecular flexibility index (Phi) is 4.35. The van der Waals surface area contributed by atoms with Gasteiger partial charge in [0, 0.05) is 24.5 Å². The lowest BCUT2D eigenvalue weighted by atomic mass is 10.1. The fraction of sp³-hybridized carbons (Fsp3) is 0.222. The van der Waals surface area contributed by atoms with Crippen molar-refractivity contribution in [3.63, 3.8) is 0 Å². The Morgan fingerprint density at radius 3 is 2.68 bits per heavy atom. The molecule has 2 aromatic rings. The van der Waals surface area contributed by atoms with E-state index in [2.05, 4.69) is 4.98 Å². The molecule has 1 aromatic heterocycles. The van der Waals surface area contributed by atoms with Gasteiger partial charge in [0.25, 0.3) is 5.91 Å².